The zero-order chi connectivity index (χ0) is 13.8. The zero-order valence-electron chi connectivity index (χ0n) is 11.9. The van der Waals surface area contributed by atoms with Crippen LogP contribution >= 0.6 is 0 Å². The summed E-state index contributed by atoms with van der Waals surface area (Å²) in [5.74, 6) is 0.810. The molecule has 0 fully saturated rings. The molecule has 3 nitrogen and oxygen atoms in total. The first-order valence-electron chi connectivity index (χ1n) is 6.22. The molecular weight excluding hydrogens is 228 g/mol. The third-order valence-corrected chi connectivity index (χ3v) is 3.04. The third kappa shape index (κ3) is 4.00. The Labute approximate surface area is 110 Å². The fraction of sp³-hybridized carbons (Fsp3) is 0.600. The van der Waals surface area contributed by atoms with Gasteiger partial charge < -0.3 is 14.6 Å². The van der Waals surface area contributed by atoms with Crippen molar-refractivity contribution in [1.29, 1.82) is 0 Å². The molecule has 102 valence electrons. The van der Waals surface area contributed by atoms with E-state index in [1.54, 1.807) is 14.2 Å². The molecule has 0 saturated carbocycles. The minimum Gasteiger partial charge on any atom is -0.497 e. The number of hydrogen-bond acceptors (Lipinski definition) is 3. The maximum absolute atomic E-state index is 10.3. The highest BCUT2D eigenvalue weighted by Gasteiger charge is 2.31. The Morgan fingerprint density at radius 2 is 1.89 bits per heavy atom. The summed E-state index contributed by atoms with van der Waals surface area (Å²) in [6.07, 6.45) is -0.154. The summed E-state index contributed by atoms with van der Waals surface area (Å²) in [7, 11) is 3.29. The van der Waals surface area contributed by atoms with Crippen LogP contribution in [0.3, 0.4) is 0 Å². The van der Waals surface area contributed by atoms with Gasteiger partial charge in [-0.2, -0.15) is 0 Å². The SMILES string of the molecule is COc1cccc(CC(O)C(OC)C(C)(C)C)c1. The van der Waals surface area contributed by atoms with Gasteiger partial charge in [0.2, 0.25) is 0 Å². The van der Waals surface area contributed by atoms with Gasteiger partial charge in [0.1, 0.15) is 5.75 Å². The largest absolute Gasteiger partial charge is 0.497 e. The molecule has 0 aliphatic rings. The molecule has 0 aromatic heterocycles. The lowest BCUT2D eigenvalue weighted by Crippen LogP contribution is -2.40. The van der Waals surface area contributed by atoms with Gasteiger partial charge >= 0.3 is 0 Å². The van der Waals surface area contributed by atoms with E-state index < -0.39 is 6.10 Å². The standard InChI is InChI=1S/C15H24O3/c1-15(2,3)14(18-5)13(16)10-11-7-6-8-12(9-11)17-4/h6-9,13-14,16H,10H2,1-5H3. The summed E-state index contributed by atoms with van der Waals surface area (Å²) in [4.78, 5) is 0. The van der Waals surface area contributed by atoms with E-state index in [0.29, 0.717) is 6.42 Å². The second kappa shape index (κ2) is 6.21. The third-order valence-electron chi connectivity index (χ3n) is 3.04. The maximum atomic E-state index is 10.3. The maximum Gasteiger partial charge on any atom is 0.119 e. The smallest absolute Gasteiger partial charge is 0.119 e. The Hall–Kier alpha value is -1.06. The molecule has 3 heteroatoms. The van der Waals surface area contributed by atoms with E-state index in [9.17, 15) is 5.11 Å². The molecule has 1 N–H and O–H groups in total. The molecule has 0 spiro atoms. The summed E-state index contributed by atoms with van der Waals surface area (Å²) in [6, 6.07) is 7.76. The number of rotatable bonds is 5. The van der Waals surface area contributed by atoms with Gasteiger partial charge in [0.05, 0.1) is 19.3 Å². The fourth-order valence-electron chi connectivity index (χ4n) is 2.24. The van der Waals surface area contributed by atoms with Crippen molar-refractivity contribution in [2.75, 3.05) is 14.2 Å². The molecule has 2 atom stereocenters. The summed E-state index contributed by atoms with van der Waals surface area (Å²) in [5, 5.41) is 10.3. The number of hydrogen-bond donors (Lipinski definition) is 1. The summed E-state index contributed by atoms with van der Waals surface area (Å²) < 4.78 is 10.6. The monoisotopic (exact) mass is 252 g/mol. The summed E-state index contributed by atoms with van der Waals surface area (Å²) in [6.45, 7) is 6.20. The van der Waals surface area contributed by atoms with Crippen LogP contribution in [0.15, 0.2) is 24.3 Å². The van der Waals surface area contributed by atoms with Crippen molar-refractivity contribution in [2.24, 2.45) is 5.41 Å². The predicted molar refractivity (Wildman–Crippen MR) is 73.0 cm³/mol. The molecule has 0 radical (unpaired) electrons. The molecule has 0 aliphatic heterocycles. The second-order valence-electron chi connectivity index (χ2n) is 5.65. The Morgan fingerprint density at radius 3 is 2.39 bits per heavy atom. The number of ether oxygens (including phenoxy) is 2. The topological polar surface area (TPSA) is 38.7 Å². The van der Waals surface area contributed by atoms with Gasteiger partial charge in [-0.15, -0.1) is 0 Å². The van der Waals surface area contributed by atoms with Gasteiger partial charge in [-0.3, -0.25) is 0 Å². The number of benzene rings is 1. The van der Waals surface area contributed by atoms with E-state index in [-0.39, 0.29) is 11.5 Å². The van der Waals surface area contributed by atoms with Crippen molar-refractivity contribution in [3.05, 3.63) is 29.8 Å². The van der Waals surface area contributed by atoms with Crippen LogP contribution in [-0.2, 0) is 11.2 Å². The molecule has 0 amide bonds. The first-order chi connectivity index (χ1) is 8.38. The minimum absolute atomic E-state index is 0.0902. The zero-order valence-corrected chi connectivity index (χ0v) is 11.9. The number of aliphatic hydroxyl groups is 1. The Balaban J connectivity index is 2.76. The van der Waals surface area contributed by atoms with Gasteiger partial charge in [-0.1, -0.05) is 32.9 Å². The molecule has 1 rings (SSSR count). The molecule has 0 saturated heterocycles. The Bertz CT molecular complexity index is 368. The first kappa shape index (κ1) is 15.0. The van der Waals surface area contributed by atoms with Crippen LogP contribution < -0.4 is 4.74 Å². The van der Waals surface area contributed by atoms with Gasteiger partial charge in [0.15, 0.2) is 0 Å². The molecule has 18 heavy (non-hydrogen) atoms. The summed E-state index contributed by atoms with van der Waals surface area (Å²) >= 11 is 0. The lowest BCUT2D eigenvalue weighted by Gasteiger charge is -2.33. The average Bonchev–Trinajstić information content (AvgIpc) is 2.28. The van der Waals surface area contributed by atoms with E-state index >= 15 is 0 Å². The normalized spacial score (nSPS) is 15.2. The molecule has 0 heterocycles. The highest BCUT2D eigenvalue weighted by Crippen LogP contribution is 2.26. The van der Waals surface area contributed by atoms with Crippen molar-refractivity contribution < 1.29 is 14.6 Å². The number of aliphatic hydroxyl groups excluding tert-OH is 1. The molecule has 0 aliphatic carbocycles. The number of methoxy groups -OCH3 is 2. The van der Waals surface area contributed by atoms with Crippen molar-refractivity contribution >= 4 is 0 Å². The molecule has 0 bridgehead atoms. The van der Waals surface area contributed by atoms with Crippen LogP contribution in [0.25, 0.3) is 0 Å². The van der Waals surface area contributed by atoms with E-state index in [0.717, 1.165) is 11.3 Å². The molecule has 1 aromatic carbocycles. The predicted octanol–water partition coefficient (Wildman–Crippen LogP) is 2.66. The first-order valence-corrected chi connectivity index (χ1v) is 6.22. The van der Waals surface area contributed by atoms with E-state index in [1.165, 1.54) is 0 Å². The highest BCUT2D eigenvalue weighted by atomic mass is 16.5. The highest BCUT2D eigenvalue weighted by molar-refractivity contribution is 5.28. The Morgan fingerprint density at radius 1 is 1.22 bits per heavy atom. The van der Waals surface area contributed by atoms with Crippen LogP contribution in [0.1, 0.15) is 26.3 Å². The van der Waals surface area contributed by atoms with Crippen LogP contribution in [0, 0.1) is 5.41 Å². The molecule has 2 unspecified atom stereocenters. The quantitative estimate of drug-likeness (QED) is 0.875. The second-order valence-corrected chi connectivity index (χ2v) is 5.65. The molecule has 1 aromatic rings. The fourth-order valence-corrected chi connectivity index (χ4v) is 2.24. The lowest BCUT2D eigenvalue weighted by molar-refractivity contribution is -0.0699. The van der Waals surface area contributed by atoms with Crippen LogP contribution in [0.5, 0.6) is 5.75 Å². The van der Waals surface area contributed by atoms with Crippen molar-refractivity contribution in [1.82, 2.24) is 0 Å². The van der Waals surface area contributed by atoms with Gasteiger partial charge in [-0.25, -0.2) is 0 Å². The van der Waals surface area contributed by atoms with Gasteiger partial charge in [0.25, 0.3) is 0 Å². The Kier molecular flexibility index (Phi) is 5.17. The van der Waals surface area contributed by atoms with Gasteiger partial charge in [-0.05, 0) is 23.1 Å². The van der Waals surface area contributed by atoms with Crippen molar-refractivity contribution in [3.63, 3.8) is 0 Å². The average molecular weight is 252 g/mol. The minimum atomic E-state index is -0.526. The van der Waals surface area contributed by atoms with Crippen molar-refractivity contribution in [3.8, 4) is 5.75 Å². The summed E-state index contributed by atoms with van der Waals surface area (Å²) in [5.41, 5.74) is 0.959. The van der Waals surface area contributed by atoms with Crippen LogP contribution in [0.2, 0.25) is 0 Å². The molecular formula is C15H24O3. The van der Waals surface area contributed by atoms with E-state index in [4.69, 9.17) is 9.47 Å². The van der Waals surface area contributed by atoms with Gasteiger partial charge in [0, 0.05) is 13.5 Å². The van der Waals surface area contributed by atoms with E-state index in [1.807, 2.05) is 24.3 Å². The van der Waals surface area contributed by atoms with Crippen LogP contribution in [-0.4, -0.2) is 31.5 Å². The van der Waals surface area contributed by atoms with E-state index in [2.05, 4.69) is 20.8 Å². The van der Waals surface area contributed by atoms with Crippen molar-refractivity contribution in [2.45, 2.75) is 39.4 Å². The van der Waals surface area contributed by atoms with Crippen LogP contribution in [0.4, 0.5) is 0 Å². The lowest BCUT2D eigenvalue weighted by atomic mass is 9.84.